The van der Waals surface area contributed by atoms with Crippen molar-refractivity contribution in [1.82, 2.24) is 10.3 Å². The molecule has 1 saturated heterocycles. The van der Waals surface area contributed by atoms with Crippen molar-refractivity contribution in [2.45, 2.75) is 12.5 Å². The molecule has 1 aromatic rings. The molecular weight excluding hydrogens is 178 g/mol. The van der Waals surface area contributed by atoms with Gasteiger partial charge in [-0.05, 0) is 19.0 Å². The zero-order chi connectivity index (χ0) is 9.80. The Balaban J connectivity index is 2.05. The predicted molar refractivity (Wildman–Crippen MR) is 50.9 cm³/mol. The van der Waals surface area contributed by atoms with Crippen LogP contribution in [0.15, 0.2) is 18.2 Å². The summed E-state index contributed by atoms with van der Waals surface area (Å²) in [4.78, 5) is 4.04. The van der Waals surface area contributed by atoms with E-state index in [0.717, 1.165) is 19.5 Å². The number of nitrogens with one attached hydrogen (secondary N) is 1. The van der Waals surface area contributed by atoms with Gasteiger partial charge in [-0.1, -0.05) is 6.07 Å². The Labute approximate surface area is 82.5 Å². The van der Waals surface area contributed by atoms with Crippen LogP contribution in [-0.2, 0) is 0 Å². The molecule has 0 radical (unpaired) electrons. The molecule has 0 saturated carbocycles. The Bertz CT molecular complexity index is 353. The molecule has 0 aliphatic carbocycles. The zero-order valence-corrected chi connectivity index (χ0v) is 7.73. The zero-order valence-electron chi connectivity index (χ0n) is 7.73. The molecule has 2 rings (SSSR count). The van der Waals surface area contributed by atoms with Gasteiger partial charge in [-0.25, -0.2) is 4.98 Å². The van der Waals surface area contributed by atoms with E-state index < -0.39 is 0 Å². The highest BCUT2D eigenvalue weighted by Crippen LogP contribution is 2.12. The third-order valence-electron chi connectivity index (χ3n) is 2.14. The fourth-order valence-corrected chi connectivity index (χ4v) is 1.44. The van der Waals surface area contributed by atoms with Crippen molar-refractivity contribution in [2.24, 2.45) is 0 Å². The maximum atomic E-state index is 8.64. The predicted octanol–water partition coefficient (Wildman–Crippen LogP) is 0.694. The standard InChI is InChI=1S/C10H11N3O/c11-6-8-2-1-3-10(13-8)14-9-4-5-12-7-9/h1-3,9,12H,4-5,7H2. The van der Waals surface area contributed by atoms with Crippen molar-refractivity contribution in [1.29, 1.82) is 5.26 Å². The number of pyridine rings is 1. The largest absolute Gasteiger partial charge is 0.473 e. The van der Waals surface area contributed by atoms with Crippen LogP contribution < -0.4 is 10.1 Å². The molecular formula is C10H11N3O. The Morgan fingerprint density at radius 2 is 2.50 bits per heavy atom. The van der Waals surface area contributed by atoms with Gasteiger partial charge in [0.25, 0.3) is 0 Å². The van der Waals surface area contributed by atoms with Gasteiger partial charge in [0.1, 0.15) is 17.9 Å². The lowest BCUT2D eigenvalue weighted by atomic mass is 10.3. The molecule has 1 aliphatic rings. The summed E-state index contributed by atoms with van der Waals surface area (Å²) in [6.07, 6.45) is 1.19. The van der Waals surface area contributed by atoms with E-state index >= 15 is 0 Å². The maximum Gasteiger partial charge on any atom is 0.214 e. The first-order valence-corrected chi connectivity index (χ1v) is 4.63. The first kappa shape index (κ1) is 8.97. The highest BCUT2D eigenvalue weighted by atomic mass is 16.5. The molecule has 1 aliphatic heterocycles. The molecule has 72 valence electrons. The van der Waals surface area contributed by atoms with Gasteiger partial charge in [-0.15, -0.1) is 0 Å². The molecule has 1 aromatic heterocycles. The van der Waals surface area contributed by atoms with Crippen LogP contribution in [-0.4, -0.2) is 24.2 Å². The summed E-state index contributed by atoms with van der Waals surface area (Å²) in [7, 11) is 0. The van der Waals surface area contributed by atoms with Crippen molar-refractivity contribution >= 4 is 0 Å². The third-order valence-corrected chi connectivity index (χ3v) is 2.14. The number of hydrogen-bond acceptors (Lipinski definition) is 4. The van der Waals surface area contributed by atoms with Crippen LogP contribution in [0.2, 0.25) is 0 Å². The van der Waals surface area contributed by atoms with Crippen LogP contribution in [0.5, 0.6) is 5.88 Å². The lowest BCUT2D eigenvalue weighted by molar-refractivity contribution is 0.214. The summed E-state index contributed by atoms with van der Waals surface area (Å²) < 4.78 is 5.59. The average Bonchev–Trinajstić information content (AvgIpc) is 2.71. The molecule has 1 fully saturated rings. The Morgan fingerprint density at radius 3 is 3.21 bits per heavy atom. The molecule has 0 spiro atoms. The molecule has 0 aromatic carbocycles. The molecule has 4 heteroatoms. The van der Waals surface area contributed by atoms with E-state index in [2.05, 4.69) is 10.3 Å². The number of nitrogens with zero attached hydrogens (tertiary/aromatic N) is 2. The molecule has 4 nitrogen and oxygen atoms in total. The summed E-state index contributed by atoms with van der Waals surface area (Å²) in [6, 6.07) is 7.21. The molecule has 1 atom stereocenters. The number of aromatic nitrogens is 1. The number of ether oxygens (including phenoxy) is 1. The van der Waals surface area contributed by atoms with Crippen LogP contribution >= 0.6 is 0 Å². The van der Waals surface area contributed by atoms with Crippen LogP contribution in [0.3, 0.4) is 0 Å². The van der Waals surface area contributed by atoms with Crippen molar-refractivity contribution in [3.8, 4) is 11.9 Å². The molecule has 1 N–H and O–H groups in total. The smallest absolute Gasteiger partial charge is 0.214 e. The van der Waals surface area contributed by atoms with E-state index in [1.54, 1.807) is 18.2 Å². The fourth-order valence-electron chi connectivity index (χ4n) is 1.44. The van der Waals surface area contributed by atoms with Gasteiger partial charge in [0, 0.05) is 12.6 Å². The van der Waals surface area contributed by atoms with Gasteiger partial charge < -0.3 is 10.1 Å². The van der Waals surface area contributed by atoms with Gasteiger partial charge in [0.2, 0.25) is 5.88 Å². The number of nitriles is 1. The number of rotatable bonds is 2. The van der Waals surface area contributed by atoms with Crippen molar-refractivity contribution in [3.05, 3.63) is 23.9 Å². The monoisotopic (exact) mass is 189 g/mol. The second kappa shape index (κ2) is 4.07. The normalized spacial score (nSPS) is 20.4. The number of hydrogen-bond donors (Lipinski definition) is 1. The molecule has 2 heterocycles. The van der Waals surface area contributed by atoms with Gasteiger partial charge in [0.05, 0.1) is 0 Å². The van der Waals surface area contributed by atoms with E-state index in [0.29, 0.717) is 11.6 Å². The maximum absolute atomic E-state index is 8.64. The van der Waals surface area contributed by atoms with E-state index in [1.807, 2.05) is 6.07 Å². The van der Waals surface area contributed by atoms with Crippen molar-refractivity contribution < 1.29 is 4.74 Å². The van der Waals surface area contributed by atoms with E-state index in [4.69, 9.17) is 10.00 Å². The van der Waals surface area contributed by atoms with Gasteiger partial charge >= 0.3 is 0 Å². The summed E-state index contributed by atoms with van der Waals surface area (Å²) in [5, 5.41) is 11.8. The van der Waals surface area contributed by atoms with E-state index in [9.17, 15) is 0 Å². The summed E-state index contributed by atoms with van der Waals surface area (Å²) in [5.74, 6) is 0.540. The molecule has 14 heavy (non-hydrogen) atoms. The average molecular weight is 189 g/mol. The van der Waals surface area contributed by atoms with Crippen LogP contribution in [0.1, 0.15) is 12.1 Å². The first-order valence-electron chi connectivity index (χ1n) is 4.63. The summed E-state index contributed by atoms with van der Waals surface area (Å²) >= 11 is 0. The topological polar surface area (TPSA) is 57.9 Å². The lowest BCUT2D eigenvalue weighted by Crippen LogP contribution is -2.20. The van der Waals surface area contributed by atoms with Gasteiger partial charge in [-0.2, -0.15) is 5.26 Å². The quantitative estimate of drug-likeness (QED) is 0.743. The Kier molecular flexibility index (Phi) is 2.61. The minimum absolute atomic E-state index is 0.191. The van der Waals surface area contributed by atoms with Crippen LogP contribution in [0.25, 0.3) is 0 Å². The van der Waals surface area contributed by atoms with E-state index in [1.165, 1.54) is 0 Å². The van der Waals surface area contributed by atoms with Crippen LogP contribution in [0.4, 0.5) is 0 Å². The van der Waals surface area contributed by atoms with Crippen LogP contribution in [0, 0.1) is 11.3 Å². The highest BCUT2D eigenvalue weighted by molar-refractivity contribution is 5.24. The van der Waals surface area contributed by atoms with Gasteiger partial charge in [0.15, 0.2) is 0 Å². The Hall–Kier alpha value is -1.60. The summed E-state index contributed by atoms with van der Waals surface area (Å²) in [6.45, 7) is 1.85. The second-order valence-electron chi connectivity index (χ2n) is 3.21. The molecule has 0 bridgehead atoms. The minimum atomic E-state index is 0.191. The lowest BCUT2D eigenvalue weighted by Gasteiger charge is -2.10. The van der Waals surface area contributed by atoms with Crippen molar-refractivity contribution in [3.63, 3.8) is 0 Å². The SMILES string of the molecule is N#Cc1cccc(OC2CCNC2)n1. The minimum Gasteiger partial charge on any atom is -0.473 e. The second-order valence-corrected chi connectivity index (χ2v) is 3.21. The summed E-state index contributed by atoms with van der Waals surface area (Å²) in [5.41, 5.74) is 0.397. The van der Waals surface area contributed by atoms with E-state index in [-0.39, 0.29) is 6.10 Å². The fraction of sp³-hybridized carbons (Fsp3) is 0.400. The van der Waals surface area contributed by atoms with Gasteiger partial charge in [-0.3, -0.25) is 0 Å². The highest BCUT2D eigenvalue weighted by Gasteiger charge is 2.16. The Morgan fingerprint density at radius 1 is 1.57 bits per heavy atom. The molecule has 0 amide bonds. The first-order chi connectivity index (χ1) is 6.88. The molecule has 1 unspecified atom stereocenters. The third kappa shape index (κ3) is 2.01. The van der Waals surface area contributed by atoms with Crippen molar-refractivity contribution in [2.75, 3.05) is 13.1 Å².